The van der Waals surface area contributed by atoms with Gasteiger partial charge in [0.05, 0.1) is 0 Å². The van der Waals surface area contributed by atoms with Crippen LogP contribution in [0.15, 0.2) is 34.1 Å². The summed E-state index contributed by atoms with van der Waals surface area (Å²) in [4.78, 5) is 1.21. The van der Waals surface area contributed by atoms with Crippen LogP contribution in [0.4, 0.5) is 4.39 Å². The monoisotopic (exact) mass is 299 g/mol. The molecule has 0 aliphatic carbocycles. The fourth-order valence-electron chi connectivity index (χ4n) is 1.51. The number of thiophene rings is 1. The molecule has 1 nitrogen and oxygen atoms in total. The molecule has 0 saturated carbocycles. The summed E-state index contributed by atoms with van der Waals surface area (Å²) in [6.07, 6.45) is 0. The van der Waals surface area contributed by atoms with E-state index in [2.05, 4.69) is 21.2 Å². The zero-order valence-corrected chi connectivity index (χ0v) is 11.2. The van der Waals surface area contributed by atoms with E-state index in [-0.39, 0.29) is 5.82 Å². The van der Waals surface area contributed by atoms with E-state index in [1.165, 1.54) is 10.9 Å². The number of nitrogens with one attached hydrogen (secondary N) is 1. The minimum Gasteiger partial charge on any atom is -0.315 e. The van der Waals surface area contributed by atoms with Crippen molar-refractivity contribution in [3.8, 4) is 11.1 Å². The smallest absolute Gasteiger partial charge is 0.131 e. The van der Waals surface area contributed by atoms with Crippen molar-refractivity contribution >= 4 is 27.3 Å². The second-order valence-corrected chi connectivity index (χ2v) is 5.37. The molecule has 1 aromatic carbocycles. The van der Waals surface area contributed by atoms with E-state index in [4.69, 9.17) is 0 Å². The van der Waals surface area contributed by atoms with Crippen LogP contribution in [-0.2, 0) is 6.54 Å². The third-order valence-electron chi connectivity index (χ3n) is 2.24. The fraction of sp³-hybridized carbons (Fsp3) is 0.167. The van der Waals surface area contributed by atoms with Crippen molar-refractivity contribution in [2.75, 3.05) is 7.05 Å². The lowest BCUT2D eigenvalue weighted by molar-refractivity contribution is 0.631. The average Bonchev–Trinajstić information content (AvgIpc) is 2.71. The SMILES string of the molecule is CNCc1cc(-c2cc(Br)ccc2F)cs1. The molecule has 1 heterocycles. The van der Waals surface area contributed by atoms with Crippen molar-refractivity contribution in [1.29, 1.82) is 0 Å². The van der Waals surface area contributed by atoms with Gasteiger partial charge in [0.15, 0.2) is 0 Å². The molecule has 1 aromatic heterocycles. The normalized spacial score (nSPS) is 10.7. The Hall–Kier alpha value is -0.710. The number of rotatable bonds is 3. The minimum absolute atomic E-state index is 0.183. The first-order valence-corrected chi connectivity index (χ1v) is 6.55. The minimum atomic E-state index is -0.183. The van der Waals surface area contributed by atoms with Crippen LogP contribution >= 0.6 is 27.3 Å². The van der Waals surface area contributed by atoms with Gasteiger partial charge in [0.1, 0.15) is 5.82 Å². The molecule has 0 saturated heterocycles. The summed E-state index contributed by atoms with van der Waals surface area (Å²) in [6, 6.07) is 7.01. The average molecular weight is 300 g/mol. The van der Waals surface area contributed by atoms with E-state index >= 15 is 0 Å². The summed E-state index contributed by atoms with van der Waals surface area (Å²) in [6.45, 7) is 0.820. The maximum absolute atomic E-state index is 13.6. The van der Waals surface area contributed by atoms with Gasteiger partial charge >= 0.3 is 0 Å². The first-order chi connectivity index (χ1) is 7.70. The molecule has 0 unspecified atom stereocenters. The lowest BCUT2D eigenvalue weighted by atomic mass is 10.1. The van der Waals surface area contributed by atoms with Gasteiger partial charge in [-0.15, -0.1) is 11.3 Å². The third-order valence-corrected chi connectivity index (χ3v) is 3.67. The van der Waals surface area contributed by atoms with E-state index in [9.17, 15) is 4.39 Å². The van der Waals surface area contributed by atoms with Crippen LogP contribution in [0.5, 0.6) is 0 Å². The second-order valence-electron chi connectivity index (χ2n) is 3.46. The van der Waals surface area contributed by atoms with Gasteiger partial charge in [-0.2, -0.15) is 0 Å². The van der Waals surface area contributed by atoms with Gasteiger partial charge in [0.25, 0.3) is 0 Å². The summed E-state index contributed by atoms with van der Waals surface area (Å²) in [5, 5.41) is 5.07. The lowest BCUT2D eigenvalue weighted by Crippen LogP contribution is -2.02. The highest BCUT2D eigenvalue weighted by atomic mass is 79.9. The molecule has 0 fully saturated rings. The van der Waals surface area contributed by atoms with E-state index in [0.717, 1.165) is 16.6 Å². The number of hydrogen-bond acceptors (Lipinski definition) is 2. The first kappa shape index (κ1) is 11.8. The topological polar surface area (TPSA) is 12.0 Å². The Bertz CT molecular complexity index is 496. The number of halogens is 2. The molecule has 0 radical (unpaired) electrons. The van der Waals surface area contributed by atoms with Crippen molar-refractivity contribution in [1.82, 2.24) is 5.32 Å². The molecule has 2 rings (SSSR count). The van der Waals surface area contributed by atoms with E-state index in [0.29, 0.717) is 5.56 Å². The van der Waals surface area contributed by atoms with Gasteiger partial charge in [-0.3, -0.25) is 0 Å². The van der Waals surface area contributed by atoms with E-state index < -0.39 is 0 Å². The first-order valence-electron chi connectivity index (χ1n) is 4.88. The molecule has 4 heteroatoms. The predicted octanol–water partition coefficient (Wildman–Crippen LogP) is 4.04. The Labute approximate surface area is 106 Å². The van der Waals surface area contributed by atoms with Crippen molar-refractivity contribution in [3.63, 3.8) is 0 Å². The Morgan fingerprint density at radius 2 is 2.19 bits per heavy atom. The van der Waals surface area contributed by atoms with Gasteiger partial charge in [-0.1, -0.05) is 15.9 Å². The van der Waals surface area contributed by atoms with Crippen LogP contribution in [0.25, 0.3) is 11.1 Å². The zero-order valence-electron chi connectivity index (χ0n) is 8.76. The van der Waals surface area contributed by atoms with Crippen LogP contribution in [0.3, 0.4) is 0 Å². The van der Waals surface area contributed by atoms with Gasteiger partial charge in [-0.05, 0) is 42.3 Å². The van der Waals surface area contributed by atoms with Crippen molar-refractivity contribution in [2.24, 2.45) is 0 Å². The summed E-state index contributed by atoms with van der Waals surface area (Å²) >= 11 is 4.99. The molecule has 1 N–H and O–H groups in total. The van der Waals surface area contributed by atoms with Crippen molar-refractivity contribution < 1.29 is 4.39 Å². The maximum Gasteiger partial charge on any atom is 0.131 e. The number of benzene rings is 1. The van der Waals surface area contributed by atoms with Crippen molar-refractivity contribution in [3.05, 3.63) is 44.8 Å². The van der Waals surface area contributed by atoms with Gasteiger partial charge in [0.2, 0.25) is 0 Å². The van der Waals surface area contributed by atoms with Crippen LogP contribution in [0.2, 0.25) is 0 Å². The molecular formula is C12H11BrFNS. The molecule has 0 atom stereocenters. The highest BCUT2D eigenvalue weighted by Gasteiger charge is 2.07. The Balaban J connectivity index is 2.38. The third kappa shape index (κ3) is 2.51. The molecule has 84 valence electrons. The second kappa shape index (κ2) is 5.08. The highest BCUT2D eigenvalue weighted by molar-refractivity contribution is 9.10. The molecule has 0 aliphatic heterocycles. The lowest BCUT2D eigenvalue weighted by Gasteiger charge is -2.00. The van der Waals surface area contributed by atoms with Crippen LogP contribution in [-0.4, -0.2) is 7.05 Å². The standard InChI is InChI=1S/C12H11BrFNS/c1-15-6-10-4-8(7-16-10)11-5-9(13)2-3-12(11)14/h2-5,7,15H,6H2,1H3. The fourth-order valence-corrected chi connectivity index (χ4v) is 2.76. The zero-order chi connectivity index (χ0) is 11.5. The van der Waals surface area contributed by atoms with Crippen LogP contribution in [0, 0.1) is 5.82 Å². The van der Waals surface area contributed by atoms with E-state index in [1.807, 2.05) is 18.5 Å². The Morgan fingerprint density at radius 1 is 1.38 bits per heavy atom. The molecule has 0 amide bonds. The predicted molar refractivity (Wildman–Crippen MR) is 70.2 cm³/mol. The molecule has 0 spiro atoms. The van der Waals surface area contributed by atoms with Crippen LogP contribution in [0.1, 0.15) is 4.88 Å². The summed E-state index contributed by atoms with van der Waals surface area (Å²) in [5.74, 6) is -0.183. The molecule has 2 aromatic rings. The molecule has 0 aliphatic rings. The van der Waals surface area contributed by atoms with Crippen LogP contribution < -0.4 is 5.32 Å². The Kier molecular flexibility index (Phi) is 3.74. The van der Waals surface area contributed by atoms with Gasteiger partial charge < -0.3 is 5.32 Å². The van der Waals surface area contributed by atoms with Gasteiger partial charge in [-0.25, -0.2) is 4.39 Å². The van der Waals surface area contributed by atoms with E-state index in [1.54, 1.807) is 23.5 Å². The molecule has 0 bridgehead atoms. The summed E-state index contributed by atoms with van der Waals surface area (Å²) in [5.41, 5.74) is 1.59. The summed E-state index contributed by atoms with van der Waals surface area (Å²) < 4.78 is 14.5. The molecule has 16 heavy (non-hydrogen) atoms. The largest absolute Gasteiger partial charge is 0.315 e. The maximum atomic E-state index is 13.6. The van der Waals surface area contributed by atoms with Gasteiger partial charge in [0, 0.05) is 21.5 Å². The van der Waals surface area contributed by atoms with Crippen molar-refractivity contribution in [2.45, 2.75) is 6.54 Å². The molecular weight excluding hydrogens is 289 g/mol. The number of hydrogen-bond donors (Lipinski definition) is 1. The Morgan fingerprint density at radius 3 is 2.94 bits per heavy atom. The highest BCUT2D eigenvalue weighted by Crippen LogP contribution is 2.29. The quantitative estimate of drug-likeness (QED) is 0.902. The summed E-state index contributed by atoms with van der Waals surface area (Å²) in [7, 11) is 1.90.